The van der Waals surface area contributed by atoms with Crippen LogP contribution in [0, 0.1) is 5.92 Å². The summed E-state index contributed by atoms with van der Waals surface area (Å²) < 4.78 is 4.85. The van der Waals surface area contributed by atoms with Crippen molar-refractivity contribution in [2.75, 3.05) is 7.11 Å². The smallest absolute Gasteiger partial charge is 0.313 e. The van der Waals surface area contributed by atoms with Crippen molar-refractivity contribution in [3.63, 3.8) is 0 Å². The van der Waals surface area contributed by atoms with Crippen molar-refractivity contribution in [3.05, 3.63) is 35.4 Å². The van der Waals surface area contributed by atoms with Crippen molar-refractivity contribution in [2.45, 2.75) is 32.6 Å². The van der Waals surface area contributed by atoms with Crippen molar-refractivity contribution in [1.29, 1.82) is 0 Å². The molecule has 1 rings (SSSR count). The highest BCUT2D eigenvalue weighted by Gasteiger charge is 2.27. The number of benzene rings is 1. The van der Waals surface area contributed by atoms with Gasteiger partial charge in [0.25, 0.3) is 0 Å². The summed E-state index contributed by atoms with van der Waals surface area (Å²) in [6.07, 6.45) is 1.19. The maximum Gasteiger partial charge on any atom is 0.313 e. The van der Waals surface area contributed by atoms with Crippen molar-refractivity contribution < 1.29 is 14.3 Å². The Morgan fingerprint density at radius 3 is 2.47 bits per heavy atom. The molecule has 0 spiro atoms. The van der Waals surface area contributed by atoms with E-state index in [1.807, 2.05) is 31.2 Å². The second-order valence-electron chi connectivity index (χ2n) is 4.57. The van der Waals surface area contributed by atoms with E-state index in [1.165, 1.54) is 7.11 Å². The maximum absolute atomic E-state index is 12.0. The number of aryl methyl sites for hydroxylation is 1. The molecule has 0 heterocycles. The summed E-state index contributed by atoms with van der Waals surface area (Å²) in [6.45, 7) is 3.75. The Kier molecular flexibility index (Phi) is 6.03. The van der Waals surface area contributed by atoms with Crippen molar-refractivity contribution in [2.24, 2.45) is 5.92 Å². The van der Waals surface area contributed by atoms with E-state index in [9.17, 15) is 9.59 Å². The van der Waals surface area contributed by atoms with Gasteiger partial charge in [-0.05, 0) is 35.6 Å². The third-order valence-electron chi connectivity index (χ3n) is 3.27. The largest absolute Gasteiger partial charge is 0.469 e. The molecule has 0 aliphatic rings. The number of carbonyl (C=O) groups is 2. The van der Waals surface area contributed by atoms with Gasteiger partial charge >= 0.3 is 5.97 Å². The minimum atomic E-state index is -0.446. The van der Waals surface area contributed by atoms with E-state index in [-0.39, 0.29) is 11.9 Å². The van der Waals surface area contributed by atoms with Crippen LogP contribution in [0.5, 0.6) is 0 Å². The molecule has 0 saturated heterocycles. The number of methoxy groups -OCH3 is 1. The van der Waals surface area contributed by atoms with Crippen molar-refractivity contribution >= 4 is 22.8 Å². The molecule has 1 aromatic carbocycles. The van der Waals surface area contributed by atoms with Crippen LogP contribution in [0.4, 0.5) is 0 Å². The summed E-state index contributed by atoms with van der Waals surface area (Å²) in [5, 5.41) is -0.428. The zero-order valence-corrected chi connectivity index (χ0v) is 12.2. The molecule has 0 aliphatic heterocycles. The van der Waals surface area contributed by atoms with Gasteiger partial charge in [0.05, 0.1) is 13.0 Å². The first-order valence-corrected chi connectivity index (χ1v) is 6.74. The van der Waals surface area contributed by atoms with E-state index >= 15 is 0 Å². The minimum absolute atomic E-state index is 0.328. The van der Waals surface area contributed by atoms with Crippen LogP contribution in [-0.4, -0.2) is 18.3 Å². The number of ether oxygens (including phenoxy) is 1. The van der Waals surface area contributed by atoms with Crippen molar-refractivity contribution in [1.82, 2.24) is 0 Å². The molecule has 0 N–H and O–H groups in total. The summed E-state index contributed by atoms with van der Waals surface area (Å²) in [5.74, 6) is -1.15. The van der Waals surface area contributed by atoms with Crippen LogP contribution in [-0.2, 0) is 20.7 Å². The molecule has 0 aromatic heterocycles. The van der Waals surface area contributed by atoms with E-state index in [0.29, 0.717) is 6.42 Å². The van der Waals surface area contributed by atoms with Crippen LogP contribution in [0.3, 0.4) is 0 Å². The maximum atomic E-state index is 12.0. The highest BCUT2D eigenvalue weighted by molar-refractivity contribution is 6.63. The first-order valence-electron chi connectivity index (χ1n) is 6.36. The summed E-state index contributed by atoms with van der Waals surface area (Å²) >= 11 is 5.49. The number of esters is 1. The third-order valence-corrected chi connectivity index (χ3v) is 3.65. The van der Waals surface area contributed by atoms with Gasteiger partial charge in [-0.3, -0.25) is 9.59 Å². The van der Waals surface area contributed by atoms with Crippen molar-refractivity contribution in [3.8, 4) is 0 Å². The summed E-state index contributed by atoms with van der Waals surface area (Å²) in [5.41, 5.74) is 2.01. The highest BCUT2D eigenvalue weighted by atomic mass is 35.5. The topological polar surface area (TPSA) is 43.4 Å². The molecule has 0 saturated carbocycles. The van der Waals surface area contributed by atoms with Crippen LogP contribution in [0.1, 0.15) is 37.3 Å². The molecule has 19 heavy (non-hydrogen) atoms. The van der Waals surface area contributed by atoms with Crippen LogP contribution < -0.4 is 0 Å². The van der Waals surface area contributed by atoms with Gasteiger partial charge in [-0.25, -0.2) is 0 Å². The van der Waals surface area contributed by atoms with Gasteiger partial charge < -0.3 is 4.74 Å². The summed E-state index contributed by atoms with van der Waals surface area (Å²) in [6, 6.07) is 7.72. The van der Waals surface area contributed by atoms with Gasteiger partial charge in [-0.2, -0.15) is 0 Å². The van der Waals surface area contributed by atoms with Crippen LogP contribution in [0.2, 0.25) is 0 Å². The molecular weight excluding hydrogens is 264 g/mol. The van der Waals surface area contributed by atoms with E-state index in [1.54, 1.807) is 6.92 Å². The predicted molar refractivity (Wildman–Crippen MR) is 75.2 cm³/mol. The molecule has 2 atom stereocenters. The van der Waals surface area contributed by atoms with Gasteiger partial charge in [-0.1, -0.05) is 38.1 Å². The Labute approximate surface area is 118 Å². The van der Waals surface area contributed by atoms with Gasteiger partial charge in [0.15, 0.2) is 0 Å². The van der Waals surface area contributed by atoms with E-state index in [4.69, 9.17) is 16.3 Å². The average Bonchev–Trinajstić information content (AvgIpc) is 2.43. The highest BCUT2D eigenvalue weighted by Crippen LogP contribution is 2.29. The third kappa shape index (κ3) is 4.06. The molecule has 0 amide bonds. The van der Waals surface area contributed by atoms with E-state index in [0.717, 1.165) is 17.5 Å². The molecule has 1 aromatic rings. The molecule has 2 unspecified atom stereocenters. The number of hydrogen-bond donors (Lipinski definition) is 0. The lowest BCUT2D eigenvalue weighted by Gasteiger charge is -2.20. The molecule has 0 fully saturated rings. The Hall–Kier alpha value is -1.35. The van der Waals surface area contributed by atoms with Crippen LogP contribution >= 0.6 is 11.6 Å². The molecule has 0 radical (unpaired) electrons. The standard InChI is InChI=1S/C15H19ClO3/c1-4-11-7-5-6-8-12(11)13(15(18)19-3)9-10(2)14(16)17/h5-8,10,13H,4,9H2,1-3H3. The molecule has 3 nitrogen and oxygen atoms in total. The lowest BCUT2D eigenvalue weighted by Crippen LogP contribution is -2.20. The van der Waals surface area contributed by atoms with Gasteiger partial charge in [0.2, 0.25) is 5.24 Å². The predicted octanol–water partition coefficient (Wildman–Crippen LogP) is 3.30. The fraction of sp³-hybridized carbons (Fsp3) is 0.467. The van der Waals surface area contributed by atoms with E-state index < -0.39 is 11.2 Å². The first kappa shape index (κ1) is 15.7. The zero-order valence-electron chi connectivity index (χ0n) is 11.5. The summed E-state index contributed by atoms with van der Waals surface area (Å²) in [4.78, 5) is 23.2. The fourth-order valence-corrected chi connectivity index (χ4v) is 2.22. The first-order chi connectivity index (χ1) is 9.01. The molecule has 0 aliphatic carbocycles. The fourth-order valence-electron chi connectivity index (χ4n) is 2.13. The lowest BCUT2D eigenvalue weighted by molar-refractivity contribution is -0.143. The minimum Gasteiger partial charge on any atom is -0.469 e. The SMILES string of the molecule is CCc1ccccc1C(CC(C)C(=O)Cl)C(=O)OC. The van der Waals surface area contributed by atoms with Gasteiger partial charge in [0, 0.05) is 5.92 Å². The molecule has 0 bridgehead atoms. The van der Waals surface area contributed by atoms with Gasteiger partial charge in [-0.15, -0.1) is 0 Å². The second kappa shape index (κ2) is 7.29. The second-order valence-corrected chi connectivity index (χ2v) is 4.94. The number of carbonyl (C=O) groups excluding carboxylic acids is 2. The number of rotatable bonds is 6. The van der Waals surface area contributed by atoms with Crippen LogP contribution in [0.15, 0.2) is 24.3 Å². The normalized spacial score (nSPS) is 13.7. The van der Waals surface area contributed by atoms with Gasteiger partial charge in [0.1, 0.15) is 0 Å². The average molecular weight is 283 g/mol. The summed E-state index contributed by atoms with van der Waals surface area (Å²) in [7, 11) is 1.36. The Bertz CT molecular complexity index is 456. The number of hydrogen-bond acceptors (Lipinski definition) is 3. The van der Waals surface area contributed by atoms with Crippen LogP contribution in [0.25, 0.3) is 0 Å². The Morgan fingerprint density at radius 1 is 1.32 bits per heavy atom. The number of halogens is 1. The van der Waals surface area contributed by atoms with E-state index in [2.05, 4.69) is 0 Å². The quantitative estimate of drug-likeness (QED) is 0.594. The molecule has 4 heteroatoms. The molecule has 104 valence electrons. The monoisotopic (exact) mass is 282 g/mol. The Balaban J connectivity index is 3.09. The Morgan fingerprint density at radius 2 is 1.95 bits per heavy atom. The lowest BCUT2D eigenvalue weighted by atomic mass is 9.86. The molecular formula is C15H19ClO3. The zero-order chi connectivity index (χ0) is 14.4.